The maximum absolute atomic E-state index is 12.1. The summed E-state index contributed by atoms with van der Waals surface area (Å²) in [7, 11) is 0. The lowest BCUT2D eigenvalue weighted by Gasteiger charge is -2.57. The molecule has 0 heterocycles. The van der Waals surface area contributed by atoms with Crippen molar-refractivity contribution in [3.05, 3.63) is 0 Å². The molecule has 4 saturated carbocycles. The second kappa shape index (κ2) is 12.3. The molecule has 4 bridgehead atoms. The Morgan fingerprint density at radius 2 is 1.45 bits per heavy atom. The van der Waals surface area contributed by atoms with Crippen LogP contribution in [0.15, 0.2) is 0 Å². The third kappa shape index (κ3) is 7.86. The highest BCUT2D eigenvalue weighted by Crippen LogP contribution is 2.61. The minimum atomic E-state index is 0.196. The molecular formula is C25H45NO3. The zero-order valence-electron chi connectivity index (χ0n) is 18.9. The summed E-state index contributed by atoms with van der Waals surface area (Å²) in [6.07, 6.45) is 18.2. The van der Waals surface area contributed by atoms with Crippen LogP contribution in [0.4, 0.5) is 0 Å². The molecule has 29 heavy (non-hydrogen) atoms. The van der Waals surface area contributed by atoms with Gasteiger partial charge >= 0.3 is 0 Å². The Kier molecular flexibility index (Phi) is 9.78. The second-order valence-electron chi connectivity index (χ2n) is 10.3. The van der Waals surface area contributed by atoms with Crippen molar-refractivity contribution in [3.8, 4) is 0 Å². The number of ether oxygens (including phenoxy) is 2. The molecule has 0 unspecified atom stereocenters. The molecule has 1 amide bonds. The lowest BCUT2D eigenvalue weighted by molar-refractivity contribution is -0.121. The van der Waals surface area contributed by atoms with E-state index in [1.807, 2.05) is 0 Å². The highest BCUT2D eigenvalue weighted by atomic mass is 16.5. The Morgan fingerprint density at radius 1 is 0.828 bits per heavy atom. The molecule has 0 aromatic carbocycles. The summed E-state index contributed by atoms with van der Waals surface area (Å²) >= 11 is 0. The number of carbonyl (C=O) groups is 1. The van der Waals surface area contributed by atoms with Gasteiger partial charge in [0.15, 0.2) is 0 Å². The van der Waals surface area contributed by atoms with Gasteiger partial charge in [0.05, 0.1) is 19.8 Å². The van der Waals surface area contributed by atoms with E-state index in [9.17, 15) is 4.79 Å². The van der Waals surface area contributed by atoms with Crippen LogP contribution >= 0.6 is 0 Å². The van der Waals surface area contributed by atoms with Crippen LogP contribution in [0.25, 0.3) is 0 Å². The number of carbonyl (C=O) groups excluding carboxylic acids is 1. The van der Waals surface area contributed by atoms with Crippen molar-refractivity contribution in [2.45, 2.75) is 96.8 Å². The Hall–Kier alpha value is -0.610. The van der Waals surface area contributed by atoms with Crippen LogP contribution in [-0.4, -0.2) is 38.9 Å². The minimum absolute atomic E-state index is 0.196. The standard InChI is InChI=1S/C25H45NO3/c1-2-3-4-5-6-11-28-13-14-29-12-10-26-24(27)8-7-9-25-18-21-15-22(19-25)17-23(16-21)20-25/h21-23H,2-20H2,1H3,(H,26,27). The lowest BCUT2D eigenvalue weighted by Crippen LogP contribution is -2.46. The van der Waals surface area contributed by atoms with E-state index >= 15 is 0 Å². The molecular weight excluding hydrogens is 362 g/mol. The van der Waals surface area contributed by atoms with Crippen molar-refractivity contribution < 1.29 is 14.3 Å². The Bertz CT molecular complexity index is 443. The first-order valence-electron chi connectivity index (χ1n) is 12.6. The Balaban J connectivity index is 1.12. The van der Waals surface area contributed by atoms with Crippen LogP contribution in [0, 0.1) is 23.2 Å². The van der Waals surface area contributed by atoms with Crippen molar-refractivity contribution in [2.24, 2.45) is 23.2 Å². The third-order valence-electron chi connectivity index (χ3n) is 7.61. The topological polar surface area (TPSA) is 47.6 Å². The van der Waals surface area contributed by atoms with Crippen molar-refractivity contribution in [1.82, 2.24) is 5.32 Å². The molecule has 4 nitrogen and oxygen atoms in total. The second-order valence-corrected chi connectivity index (χ2v) is 10.3. The van der Waals surface area contributed by atoms with Gasteiger partial charge in [0.2, 0.25) is 5.91 Å². The van der Waals surface area contributed by atoms with Crippen LogP contribution in [-0.2, 0) is 14.3 Å². The van der Waals surface area contributed by atoms with Gasteiger partial charge in [-0.05, 0) is 81.0 Å². The summed E-state index contributed by atoms with van der Waals surface area (Å²) in [5.41, 5.74) is 0.605. The van der Waals surface area contributed by atoms with Gasteiger partial charge < -0.3 is 14.8 Å². The van der Waals surface area contributed by atoms with Gasteiger partial charge in [-0.1, -0.05) is 32.6 Å². The molecule has 4 fully saturated rings. The van der Waals surface area contributed by atoms with Crippen LogP contribution < -0.4 is 5.32 Å². The van der Waals surface area contributed by atoms with Crippen LogP contribution in [0.3, 0.4) is 0 Å². The number of nitrogens with one attached hydrogen (secondary N) is 1. The van der Waals surface area contributed by atoms with Gasteiger partial charge in [0.1, 0.15) is 0 Å². The predicted molar refractivity (Wildman–Crippen MR) is 118 cm³/mol. The molecule has 0 atom stereocenters. The third-order valence-corrected chi connectivity index (χ3v) is 7.61. The smallest absolute Gasteiger partial charge is 0.220 e. The van der Waals surface area contributed by atoms with E-state index in [2.05, 4.69) is 12.2 Å². The van der Waals surface area contributed by atoms with Crippen molar-refractivity contribution in [1.29, 1.82) is 0 Å². The molecule has 0 aliphatic heterocycles. The summed E-state index contributed by atoms with van der Waals surface area (Å²) in [6.45, 7) is 5.56. The molecule has 4 aliphatic rings. The maximum Gasteiger partial charge on any atom is 0.220 e. The zero-order valence-corrected chi connectivity index (χ0v) is 18.9. The largest absolute Gasteiger partial charge is 0.379 e. The summed E-state index contributed by atoms with van der Waals surface area (Å²) < 4.78 is 11.1. The Labute approximate surface area is 178 Å². The fourth-order valence-electron chi connectivity index (χ4n) is 6.70. The highest BCUT2D eigenvalue weighted by Gasteiger charge is 2.50. The highest BCUT2D eigenvalue weighted by molar-refractivity contribution is 5.75. The summed E-state index contributed by atoms with van der Waals surface area (Å²) in [5, 5.41) is 3.02. The molecule has 4 aliphatic carbocycles. The number of amides is 1. The first-order chi connectivity index (χ1) is 14.2. The zero-order chi connectivity index (χ0) is 20.4. The van der Waals surface area contributed by atoms with E-state index < -0.39 is 0 Å². The summed E-state index contributed by atoms with van der Waals surface area (Å²) in [6, 6.07) is 0. The van der Waals surface area contributed by atoms with Gasteiger partial charge in [0, 0.05) is 19.6 Å². The fourth-order valence-corrected chi connectivity index (χ4v) is 6.70. The number of hydrogen-bond acceptors (Lipinski definition) is 3. The Morgan fingerprint density at radius 3 is 2.10 bits per heavy atom. The molecule has 0 spiro atoms. The molecule has 4 heteroatoms. The van der Waals surface area contributed by atoms with E-state index in [-0.39, 0.29) is 5.91 Å². The minimum Gasteiger partial charge on any atom is -0.379 e. The van der Waals surface area contributed by atoms with Gasteiger partial charge in [-0.3, -0.25) is 4.79 Å². The summed E-state index contributed by atoms with van der Waals surface area (Å²) in [5.74, 6) is 3.23. The van der Waals surface area contributed by atoms with Crippen LogP contribution in [0.5, 0.6) is 0 Å². The first kappa shape index (κ1) is 23.1. The monoisotopic (exact) mass is 407 g/mol. The lowest BCUT2D eigenvalue weighted by atomic mass is 9.48. The fraction of sp³-hybridized carbons (Fsp3) is 0.960. The van der Waals surface area contributed by atoms with Gasteiger partial charge in [-0.25, -0.2) is 0 Å². The van der Waals surface area contributed by atoms with E-state index in [0.29, 0.717) is 38.2 Å². The van der Waals surface area contributed by atoms with E-state index in [1.54, 1.807) is 0 Å². The SMILES string of the molecule is CCCCCCCOCCOCCNC(=O)CCCC12CC3CC(CC(C3)C1)C2. The molecule has 0 radical (unpaired) electrons. The quantitative estimate of drug-likeness (QED) is 0.344. The number of unbranched alkanes of at least 4 members (excludes halogenated alkanes) is 4. The average Bonchev–Trinajstić information content (AvgIpc) is 2.67. The number of hydrogen-bond donors (Lipinski definition) is 1. The van der Waals surface area contributed by atoms with E-state index in [0.717, 1.165) is 37.2 Å². The molecule has 168 valence electrons. The molecule has 0 aromatic heterocycles. The van der Waals surface area contributed by atoms with Gasteiger partial charge in [0.25, 0.3) is 0 Å². The first-order valence-corrected chi connectivity index (χ1v) is 12.6. The maximum atomic E-state index is 12.1. The number of rotatable bonds is 16. The van der Waals surface area contributed by atoms with Crippen LogP contribution in [0.1, 0.15) is 96.8 Å². The normalized spacial score (nSPS) is 30.0. The van der Waals surface area contributed by atoms with Crippen molar-refractivity contribution in [3.63, 3.8) is 0 Å². The van der Waals surface area contributed by atoms with Gasteiger partial charge in [-0.15, -0.1) is 0 Å². The average molecular weight is 408 g/mol. The van der Waals surface area contributed by atoms with Gasteiger partial charge in [-0.2, -0.15) is 0 Å². The van der Waals surface area contributed by atoms with Crippen LogP contribution in [0.2, 0.25) is 0 Å². The molecule has 1 N–H and O–H groups in total. The molecule has 4 rings (SSSR count). The van der Waals surface area contributed by atoms with Crippen molar-refractivity contribution >= 4 is 5.91 Å². The van der Waals surface area contributed by atoms with Crippen molar-refractivity contribution in [2.75, 3.05) is 33.0 Å². The van der Waals surface area contributed by atoms with E-state index in [4.69, 9.17) is 9.47 Å². The van der Waals surface area contributed by atoms with E-state index in [1.165, 1.54) is 70.6 Å². The molecule has 0 aromatic rings. The predicted octanol–water partition coefficient (Wildman–Crippen LogP) is 5.49. The molecule has 0 saturated heterocycles. The summed E-state index contributed by atoms with van der Waals surface area (Å²) in [4.78, 5) is 12.1.